The minimum atomic E-state index is -4.52. The monoisotopic (exact) mass is 473 g/mol. The highest BCUT2D eigenvalue weighted by Gasteiger charge is 2.36. The van der Waals surface area contributed by atoms with Gasteiger partial charge in [-0.3, -0.25) is 14.5 Å². The number of likely N-dealkylation sites (tertiary alicyclic amines) is 1. The number of hydrogen-bond acceptors (Lipinski definition) is 3. The summed E-state index contributed by atoms with van der Waals surface area (Å²) in [5.74, 6) is -0.873. The molecule has 0 aromatic heterocycles. The van der Waals surface area contributed by atoms with E-state index in [-0.39, 0.29) is 5.41 Å². The van der Waals surface area contributed by atoms with E-state index in [1.165, 1.54) is 10.5 Å². The fourth-order valence-electron chi connectivity index (χ4n) is 4.51. The van der Waals surface area contributed by atoms with Crippen molar-refractivity contribution in [2.75, 3.05) is 31.1 Å². The molecule has 2 amide bonds. The number of amides is 2. The van der Waals surface area contributed by atoms with Gasteiger partial charge in [0.1, 0.15) is 13.1 Å². The van der Waals surface area contributed by atoms with Crippen LogP contribution in [0, 0.1) is 0 Å². The molecule has 2 aromatic rings. The molecule has 1 N–H and O–H groups in total. The Morgan fingerprint density at radius 2 is 1.82 bits per heavy atom. The van der Waals surface area contributed by atoms with Crippen LogP contribution in [0.25, 0.3) is 6.08 Å². The van der Waals surface area contributed by atoms with Gasteiger partial charge in [0.05, 0.1) is 0 Å². The topological polar surface area (TPSA) is 52.7 Å². The van der Waals surface area contributed by atoms with Crippen LogP contribution in [-0.2, 0) is 21.5 Å². The average molecular weight is 474 g/mol. The SMILES string of the molecule is C=Cc1cccc(N(C=O)CC(=O)NCC(F)(F)F)c1C1(C)CCN(Cc2ccccc2)CC1. The highest BCUT2D eigenvalue weighted by Crippen LogP contribution is 2.42. The minimum absolute atomic E-state index is 0.295. The van der Waals surface area contributed by atoms with Crippen LogP contribution >= 0.6 is 0 Å². The van der Waals surface area contributed by atoms with E-state index in [4.69, 9.17) is 0 Å². The third-order valence-corrected chi connectivity index (χ3v) is 6.34. The first-order valence-corrected chi connectivity index (χ1v) is 11.2. The molecule has 8 heteroatoms. The first kappa shape index (κ1) is 25.5. The van der Waals surface area contributed by atoms with Crippen LogP contribution in [0.15, 0.2) is 55.1 Å². The number of halogens is 3. The predicted molar refractivity (Wildman–Crippen MR) is 127 cm³/mol. The zero-order chi connectivity index (χ0) is 24.8. The van der Waals surface area contributed by atoms with E-state index in [1.54, 1.807) is 18.2 Å². The molecule has 0 spiro atoms. The van der Waals surface area contributed by atoms with Gasteiger partial charge in [-0.05, 0) is 54.1 Å². The zero-order valence-electron chi connectivity index (χ0n) is 19.3. The lowest BCUT2D eigenvalue weighted by Crippen LogP contribution is -2.43. The first-order chi connectivity index (χ1) is 16.1. The van der Waals surface area contributed by atoms with Crippen LogP contribution in [0.4, 0.5) is 18.9 Å². The van der Waals surface area contributed by atoms with E-state index in [9.17, 15) is 22.8 Å². The Hall–Kier alpha value is -3.13. The molecule has 1 heterocycles. The maximum absolute atomic E-state index is 12.5. The fourth-order valence-corrected chi connectivity index (χ4v) is 4.51. The number of piperidine rings is 1. The lowest BCUT2D eigenvalue weighted by atomic mass is 9.71. The number of carbonyl (C=O) groups excluding carboxylic acids is 2. The molecule has 182 valence electrons. The van der Waals surface area contributed by atoms with Gasteiger partial charge in [-0.25, -0.2) is 0 Å². The van der Waals surface area contributed by atoms with E-state index in [1.807, 2.05) is 29.6 Å². The van der Waals surface area contributed by atoms with Gasteiger partial charge in [-0.15, -0.1) is 0 Å². The van der Waals surface area contributed by atoms with E-state index in [0.717, 1.165) is 43.6 Å². The lowest BCUT2D eigenvalue weighted by molar-refractivity contribution is -0.137. The third kappa shape index (κ3) is 6.47. The van der Waals surface area contributed by atoms with Crippen molar-refractivity contribution in [1.82, 2.24) is 10.2 Å². The van der Waals surface area contributed by atoms with Crippen molar-refractivity contribution in [2.45, 2.75) is 37.9 Å². The Morgan fingerprint density at radius 1 is 1.15 bits per heavy atom. The van der Waals surface area contributed by atoms with Crippen LogP contribution in [-0.4, -0.2) is 49.6 Å². The van der Waals surface area contributed by atoms with Crippen molar-refractivity contribution in [3.8, 4) is 0 Å². The molecule has 3 rings (SSSR count). The summed E-state index contributed by atoms with van der Waals surface area (Å²) < 4.78 is 37.4. The highest BCUT2D eigenvalue weighted by atomic mass is 19.4. The molecular formula is C26H30F3N3O2. The maximum Gasteiger partial charge on any atom is 0.405 e. The number of alkyl halides is 3. The van der Waals surface area contributed by atoms with Gasteiger partial charge in [-0.2, -0.15) is 13.2 Å². The molecule has 1 fully saturated rings. The van der Waals surface area contributed by atoms with Crippen LogP contribution in [0.3, 0.4) is 0 Å². The summed E-state index contributed by atoms with van der Waals surface area (Å²) in [5, 5.41) is 1.83. The quantitative estimate of drug-likeness (QED) is 0.545. The Kier molecular flexibility index (Phi) is 8.15. The second-order valence-corrected chi connectivity index (χ2v) is 8.89. The van der Waals surface area contributed by atoms with Crippen LogP contribution in [0.1, 0.15) is 36.5 Å². The molecular weight excluding hydrogens is 443 g/mol. The van der Waals surface area contributed by atoms with Crippen molar-refractivity contribution >= 4 is 24.1 Å². The van der Waals surface area contributed by atoms with Crippen LogP contribution in [0.2, 0.25) is 0 Å². The number of anilines is 1. The van der Waals surface area contributed by atoms with E-state index >= 15 is 0 Å². The van der Waals surface area contributed by atoms with E-state index < -0.39 is 25.2 Å². The first-order valence-electron chi connectivity index (χ1n) is 11.2. The second-order valence-electron chi connectivity index (χ2n) is 8.89. The Balaban J connectivity index is 1.80. The van der Waals surface area contributed by atoms with Gasteiger partial charge in [0.25, 0.3) is 0 Å². The smallest absolute Gasteiger partial charge is 0.345 e. The number of benzene rings is 2. The van der Waals surface area contributed by atoms with Gasteiger partial charge >= 0.3 is 6.18 Å². The van der Waals surface area contributed by atoms with Crippen molar-refractivity contribution in [3.63, 3.8) is 0 Å². The largest absolute Gasteiger partial charge is 0.405 e. The van der Waals surface area contributed by atoms with Crippen LogP contribution < -0.4 is 10.2 Å². The molecule has 2 aromatic carbocycles. The number of hydrogen-bond donors (Lipinski definition) is 1. The highest BCUT2D eigenvalue weighted by molar-refractivity contribution is 5.90. The summed E-state index contributed by atoms with van der Waals surface area (Å²) in [7, 11) is 0. The molecule has 0 bridgehead atoms. The predicted octanol–water partition coefficient (Wildman–Crippen LogP) is 4.52. The lowest BCUT2D eigenvalue weighted by Gasteiger charge is -2.42. The molecule has 0 atom stereocenters. The molecule has 34 heavy (non-hydrogen) atoms. The summed E-state index contributed by atoms with van der Waals surface area (Å²) in [4.78, 5) is 27.6. The molecule has 1 saturated heterocycles. The maximum atomic E-state index is 12.5. The molecule has 0 aliphatic carbocycles. The molecule has 1 aliphatic heterocycles. The van der Waals surface area contributed by atoms with Gasteiger partial charge in [0.2, 0.25) is 12.3 Å². The Bertz CT molecular complexity index is 1000. The number of rotatable bonds is 9. The van der Waals surface area contributed by atoms with Crippen molar-refractivity contribution in [2.24, 2.45) is 0 Å². The summed E-state index contributed by atoms with van der Waals surface area (Å²) in [6, 6.07) is 15.6. The minimum Gasteiger partial charge on any atom is -0.345 e. The summed E-state index contributed by atoms with van der Waals surface area (Å²) in [5.41, 5.74) is 3.21. The van der Waals surface area contributed by atoms with Crippen molar-refractivity contribution in [3.05, 3.63) is 71.8 Å². The van der Waals surface area contributed by atoms with Gasteiger partial charge < -0.3 is 10.2 Å². The summed E-state index contributed by atoms with van der Waals surface area (Å²) >= 11 is 0. The van der Waals surface area contributed by atoms with Crippen LogP contribution in [0.5, 0.6) is 0 Å². The number of carbonyl (C=O) groups is 2. The fraction of sp³-hybridized carbons (Fsp3) is 0.385. The zero-order valence-corrected chi connectivity index (χ0v) is 19.3. The Labute approximate surface area is 198 Å². The third-order valence-electron chi connectivity index (χ3n) is 6.34. The van der Waals surface area contributed by atoms with Gasteiger partial charge in [0.15, 0.2) is 0 Å². The summed E-state index contributed by atoms with van der Waals surface area (Å²) in [6.07, 6.45) is -0.661. The molecule has 5 nitrogen and oxygen atoms in total. The average Bonchev–Trinajstić information content (AvgIpc) is 2.82. The van der Waals surface area contributed by atoms with E-state index in [0.29, 0.717) is 12.1 Å². The standard InChI is InChI=1S/C26H30F3N3O2/c1-3-21-10-7-11-22(32(19-33)17-23(34)30-18-26(27,28)29)24(21)25(2)12-14-31(15-13-25)16-20-8-5-4-6-9-20/h3-11,19H,1,12-18H2,2H3,(H,30,34). The molecule has 0 saturated carbocycles. The van der Waals surface area contributed by atoms with Crippen molar-refractivity contribution in [1.29, 1.82) is 0 Å². The molecule has 0 radical (unpaired) electrons. The number of nitrogens with one attached hydrogen (secondary N) is 1. The molecule has 1 aliphatic rings. The van der Waals surface area contributed by atoms with Gasteiger partial charge in [0, 0.05) is 12.2 Å². The molecule has 0 unspecified atom stereocenters. The van der Waals surface area contributed by atoms with E-state index in [2.05, 4.69) is 30.5 Å². The second kappa shape index (κ2) is 10.9. The summed E-state index contributed by atoms with van der Waals surface area (Å²) in [6.45, 7) is 6.66. The number of nitrogens with zero attached hydrogens (tertiary/aromatic N) is 2. The normalized spacial score (nSPS) is 16.0. The van der Waals surface area contributed by atoms with Gasteiger partial charge in [-0.1, -0.05) is 62.0 Å². The van der Waals surface area contributed by atoms with Crippen molar-refractivity contribution < 1.29 is 22.8 Å². The Morgan fingerprint density at radius 3 is 2.41 bits per heavy atom.